The molecule has 8 heteroatoms. The third kappa shape index (κ3) is 1.65. The van der Waals surface area contributed by atoms with Gasteiger partial charge < -0.3 is 12.9 Å². The lowest BCUT2D eigenvalue weighted by Gasteiger charge is -2.08. The van der Waals surface area contributed by atoms with E-state index in [1.807, 2.05) is 0 Å². The minimum Gasteiger partial charge on any atom is -0.444 e. The minimum atomic E-state index is -5.13. The van der Waals surface area contributed by atoms with Crippen LogP contribution < -0.4 is 5.59 Å². The predicted molar refractivity (Wildman–Crippen MR) is 34.7 cm³/mol. The molecule has 1 heterocycles. The molecule has 0 unspecified atom stereocenters. The number of aryl methyl sites for hydroxylation is 1. The number of hydrogen-bond acceptors (Lipinski definition) is 2. The summed E-state index contributed by atoms with van der Waals surface area (Å²) in [5.74, 6) is 0. The zero-order valence-corrected chi connectivity index (χ0v) is 6.19. The first-order valence-electron chi connectivity index (χ1n) is 2.68. The van der Waals surface area contributed by atoms with E-state index in [-0.39, 0.29) is 0 Å². The van der Waals surface area contributed by atoms with Gasteiger partial charge in [0.15, 0.2) is 0 Å². The summed E-state index contributed by atoms with van der Waals surface area (Å²) >= 11 is 5.13. The summed E-state index contributed by atoms with van der Waals surface area (Å²) in [5.41, 5.74) is -1.09. The van der Waals surface area contributed by atoms with E-state index in [2.05, 4.69) is 10.2 Å². The first-order valence-corrected chi connectivity index (χ1v) is 3.05. The Labute approximate surface area is 65.2 Å². The third-order valence-corrected chi connectivity index (χ3v) is 1.28. The van der Waals surface area contributed by atoms with Gasteiger partial charge in [0, 0.05) is 12.6 Å². The number of hydrogen-bond donors (Lipinski definition) is 0. The van der Waals surface area contributed by atoms with Crippen LogP contribution in [0.5, 0.6) is 0 Å². The molecule has 62 valence electrons. The van der Waals surface area contributed by atoms with Crippen molar-refractivity contribution < 1.29 is 12.9 Å². The second-order valence-corrected chi connectivity index (χ2v) is 2.30. The molecule has 0 spiro atoms. The van der Waals surface area contributed by atoms with Crippen LogP contribution in [0.25, 0.3) is 0 Å². The van der Waals surface area contributed by atoms with E-state index in [0.29, 0.717) is 0 Å². The summed E-state index contributed by atoms with van der Waals surface area (Å²) in [7, 11) is 1.28. The fraction of sp³-hybridized carbons (Fsp3) is 0.333. The van der Waals surface area contributed by atoms with E-state index in [9.17, 15) is 12.9 Å². The molecule has 0 radical (unpaired) electrons. The highest BCUT2D eigenvalue weighted by atomic mass is 35.5. The van der Waals surface area contributed by atoms with Crippen LogP contribution in [0, 0.1) is 0 Å². The van der Waals surface area contributed by atoms with Crippen LogP contribution in [-0.2, 0) is 7.05 Å². The van der Waals surface area contributed by atoms with Crippen molar-refractivity contribution in [2.45, 2.75) is 0 Å². The molecule has 0 aliphatic rings. The fourth-order valence-electron chi connectivity index (χ4n) is 0.598. The van der Waals surface area contributed by atoms with E-state index in [1.54, 1.807) is 0 Å². The average molecular weight is 184 g/mol. The molecule has 1 rings (SSSR count). The molecule has 0 amide bonds. The van der Waals surface area contributed by atoms with Crippen LogP contribution in [0.15, 0.2) is 0 Å². The van der Waals surface area contributed by atoms with Crippen molar-refractivity contribution >= 4 is 24.2 Å². The lowest BCUT2D eigenvalue weighted by molar-refractivity contribution is 0.496. The van der Waals surface area contributed by atoms with Gasteiger partial charge in [0.2, 0.25) is 0 Å². The maximum atomic E-state index is 11.9. The van der Waals surface area contributed by atoms with Crippen molar-refractivity contribution in [1.82, 2.24) is 15.0 Å². The Morgan fingerprint density at radius 3 is 2.09 bits per heavy atom. The van der Waals surface area contributed by atoms with Crippen molar-refractivity contribution in [2.24, 2.45) is 7.05 Å². The van der Waals surface area contributed by atoms with Crippen LogP contribution in [0.3, 0.4) is 0 Å². The fourth-order valence-corrected chi connectivity index (χ4v) is 0.869. The monoisotopic (exact) mass is 184 g/mol. The molecule has 11 heavy (non-hydrogen) atoms. The summed E-state index contributed by atoms with van der Waals surface area (Å²) in [4.78, 5) is 0.785. The molecular formula is C3H3BClF3N3-. The molecule has 0 atom stereocenters. The molecule has 0 aliphatic heterocycles. The van der Waals surface area contributed by atoms with Crippen LogP contribution in [0.1, 0.15) is 0 Å². The van der Waals surface area contributed by atoms with Gasteiger partial charge in [0.05, 0.1) is 0 Å². The minimum absolute atomic E-state index is 0.597. The van der Waals surface area contributed by atoms with E-state index in [0.717, 1.165) is 4.80 Å². The first-order chi connectivity index (χ1) is 4.91. The topological polar surface area (TPSA) is 30.7 Å². The molecule has 0 saturated carbocycles. The molecule has 0 N–H and O–H groups in total. The molecule has 0 aliphatic carbocycles. The Hall–Kier alpha value is -0.715. The molecule has 1 aromatic rings. The first kappa shape index (κ1) is 8.38. The van der Waals surface area contributed by atoms with E-state index >= 15 is 0 Å². The maximum absolute atomic E-state index is 11.9. The van der Waals surface area contributed by atoms with Gasteiger partial charge in [-0.25, -0.2) is 0 Å². The van der Waals surface area contributed by atoms with Crippen molar-refractivity contribution in [3.8, 4) is 0 Å². The van der Waals surface area contributed by atoms with Crippen LogP contribution >= 0.6 is 11.6 Å². The van der Waals surface area contributed by atoms with Gasteiger partial charge in [-0.15, -0.1) is 5.10 Å². The molecule has 1 aromatic heterocycles. The lowest BCUT2D eigenvalue weighted by Crippen LogP contribution is -2.36. The predicted octanol–water partition coefficient (Wildman–Crippen LogP) is 0.523. The quantitative estimate of drug-likeness (QED) is 0.596. The van der Waals surface area contributed by atoms with Gasteiger partial charge in [0.25, 0.3) is 0 Å². The van der Waals surface area contributed by atoms with Crippen LogP contribution in [-0.4, -0.2) is 22.0 Å². The summed E-state index contributed by atoms with van der Waals surface area (Å²) in [5, 5.41) is 5.70. The number of halogens is 4. The summed E-state index contributed by atoms with van der Waals surface area (Å²) in [6, 6.07) is 0. The van der Waals surface area contributed by atoms with Gasteiger partial charge in [-0.05, 0) is 0 Å². The Morgan fingerprint density at radius 1 is 1.36 bits per heavy atom. The Morgan fingerprint density at radius 2 is 1.91 bits per heavy atom. The SMILES string of the molecule is Cn1nc(Cl)c([B-](F)(F)F)n1. The lowest BCUT2D eigenvalue weighted by atomic mass is 9.87. The smallest absolute Gasteiger partial charge is 0.444 e. The number of rotatable bonds is 1. The highest BCUT2D eigenvalue weighted by Crippen LogP contribution is 2.11. The van der Waals surface area contributed by atoms with Gasteiger partial charge in [-0.1, -0.05) is 11.6 Å². The van der Waals surface area contributed by atoms with Crippen molar-refractivity contribution in [3.63, 3.8) is 0 Å². The zero-order valence-electron chi connectivity index (χ0n) is 5.43. The van der Waals surface area contributed by atoms with Gasteiger partial charge in [-0.3, -0.25) is 0 Å². The molecular weight excluding hydrogens is 181 g/mol. The van der Waals surface area contributed by atoms with Crippen molar-refractivity contribution in [1.29, 1.82) is 0 Å². The van der Waals surface area contributed by atoms with E-state index in [1.165, 1.54) is 7.05 Å². The second kappa shape index (κ2) is 2.40. The normalized spacial score (nSPS) is 12.1. The highest BCUT2D eigenvalue weighted by molar-refractivity contribution is 6.74. The summed E-state index contributed by atoms with van der Waals surface area (Å²) < 4.78 is 35.8. The Bertz CT molecular complexity index is 269. The Kier molecular flexibility index (Phi) is 1.83. The van der Waals surface area contributed by atoms with E-state index < -0.39 is 17.7 Å². The third-order valence-electron chi connectivity index (χ3n) is 1.01. The van der Waals surface area contributed by atoms with Gasteiger partial charge in [0.1, 0.15) is 5.15 Å². The van der Waals surface area contributed by atoms with Crippen LogP contribution in [0.4, 0.5) is 12.9 Å². The highest BCUT2D eigenvalue weighted by Gasteiger charge is 2.32. The molecule has 0 saturated heterocycles. The largest absolute Gasteiger partial charge is 0.532 e. The van der Waals surface area contributed by atoms with E-state index in [4.69, 9.17) is 11.6 Å². The molecule has 0 bridgehead atoms. The van der Waals surface area contributed by atoms with Gasteiger partial charge >= 0.3 is 6.98 Å². The summed E-state index contributed by atoms with van der Waals surface area (Å²) in [6.07, 6.45) is 0. The molecule has 3 nitrogen and oxygen atoms in total. The molecule has 0 fully saturated rings. The number of aromatic nitrogens is 3. The zero-order chi connectivity index (χ0) is 8.65. The van der Waals surface area contributed by atoms with Crippen molar-refractivity contribution in [3.05, 3.63) is 5.15 Å². The standard InChI is InChI=1S/C3H3BClF3N3/c1-11-9-2(3(5)10-11)4(6,7)8/h1H3/q-1. The second-order valence-electron chi connectivity index (χ2n) is 1.94. The Balaban J connectivity index is 3.13. The van der Waals surface area contributed by atoms with Crippen LogP contribution in [0.2, 0.25) is 5.15 Å². The number of nitrogens with zero attached hydrogens (tertiary/aromatic N) is 3. The maximum Gasteiger partial charge on any atom is 0.532 e. The average Bonchev–Trinajstić information content (AvgIpc) is 2.08. The molecule has 0 aromatic carbocycles. The van der Waals surface area contributed by atoms with Crippen molar-refractivity contribution in [2.75, 3.05) is 0 Å². The summed E-state index contributed by atoms with van der Waals surface area (Å²) in [6.45, 7) is -5.13. The van der Waals surface area contributed by atoms with Gasteiger partial charge in [-0.2, -0.15) is 9.90 Å².